The minimum absolute atomic E-state index is 0.0135. The summed E-state index contributed by atoms with van der Waals surface area (Å²) in [6.45, 7) is 1.81. The van der Waals surface area contributed by atoms with E-state index in [0.717, 1.165) is 24.1 Å². The van der Waals surface area contributed by atoms with Crippen LogP contribution in [0.25, 0.3) is 5.69 Å². The van der Waals surface area contributed by atoms with Gasteiger partial charge in [-0.25, -0.2) is 4.68 Å². The Bertz CT molecular complexity index is 1320. The second-order valence-corrected chi connectivity index (χ2v) is 8.58. The number of carbonyl (C=O) groups is 1. The van der Waals surface area contributed by atoms with Crippen LogP contribution in [0.5, 0.6) is 0 Å². The van der Waals surface area contributed by atoms with E-state index in [-0.39, 0.29) is 24.3 Å². The highest BCUT2D eigenvalue weighted by atomic mass is 35.5. The Morgan fingerprint density at radius 2 is 1.88 bits per heavy atom. The van der Waals surface area contributed by atoms with E-state index in [1.165, 1.54) is 21.1 Å². The molecule has 0 fully saturated rings. The standard InChI is InChI=1S/C25H25ClN6O2/c1-18-15-27-23(9-5-8-19-6-3-2-4-7-19)25(34)31(18)16-22(33)12-10-20-14-21(26)11-13-24(20)32-17-28-29-30-32/h2-4,6-7,11,13-15,17H,5,8-10,12,16H2,1H3. The van der Waals surface area contributed by atoms with Gasteiger partial charge in [-0.3, -0.25) is 14.6 Å². The number of halogens is 1. The quantitative estimate of drug-likeness (QED) is 0.347. The van der Waals surface area contributed by atoms with Gasteiger partial charge in [0.2, 0.25) is 0 Å². The lowest BCUT2D eigenvalue weighted by Gasteiger charge is -2.12. The van der Waals surface area contributed by atoms with Gasteiger partial charge in [0.05, 0.1) is 12.2 Å². The summed E-state index contributed by atoms with van der Waals surface area (Å²) in [4.78, 5) is 30.2. The van der Waals surface area contributed by atoms with Crippen LogP contribution in [0.1, 0.15) is 35.4 Å². The maximum atomic E-state index is 13.0. The molecule has 174 valence electrons. The predicted molar refractivity (Wildman–Crippen MR) is 129 cm³/mol. The highest BCUT2D eigenvalue weighted by Crippen LogP contribution is 2.20. The van der Waals surface area contributed by atoms with Gasteiger partial charge in [-0.1, -0.05) is 41.9 Å². The molecule has 0 aliphatic heterocycles. The van der Waals surface area contributed by atoms with Crippen molar-refractivity contribution in [3.8, 4) is 5.69 Å². The third kappa shape index (κ3) is 5.82. The van der Waals surface area contributed by atoms with E-state index in [4.69, 9.17) is 11.6 Å². The van der Waals surface area contributed by atoms with Gasteiger partial charge in [0, 0.05) is 23.3 Å². The Hall–Kier alpha value is -3.65. The lowest BCUT2D eigenvalue weighted by Crippen LogP contribution is -2.30. The molecule has 0 unspecified atom stereocenters. The number of hydrogen-bond acceptors (Lipinski definition) is 6. The number of Topliss-reactive ketones (excluding diaryl/α,β-unsaturated/α-hetero) is 1. The van der Waals surface area contributed by atoms with E-state index in [2.05, 4.69) is 32.6 Å². The summed E-state index contributed by atoms with van der Waals surface area (Å²) in [6.07, 6.45) is 6.13. The van der Waals surface area contributed by atoms with Crippen LogP contribution in [-0.2, 0) is 30.6 Å². The van der Waals surface area contributed by atoms with E-state index in [0.29, 0.717) is 29.3 Å². The van der Waals surface area contributed by atoms with E-state index in [9.17, 15) is 9.59 Å². The highest BCUT2D eigenvalue weighted by Gasteiger charge is 2.14. The monoisotopic (exact) mass is 476 g/mol. The topological polar surface area (TPSA) is 95.6 Å². The van der Waals surface area contributed by atoms with Crippen molar-refractivity contribution in [1.29, 1.82) is 0 Å². The molecule has 0 saturated heterocycles. The summed E-state index contributed by atoms with van der Waals surface area (Å²) in [5.74, 6) is -0.0470. The number of rotatable bonds is 10. The van der Waals surface area contributed by atoms with Crippen LogP contribution in [0.3, 0.4) is 0 Å². The Labute approximate surface area is 202 Å². The van der Waals surface area contributed by atoms with Gasteiger partial charge in [-0.05, 0) is 72.4 Å². The first kappa shape index (κ1) is 23.5. The molecule has 0 N–H and O–H groups in total. The van der Waals surface area contributed by atoms with Gasteiger partial charge < -0.3 is 4.57 Å². The van der Waals surface area contributed by atoms with Gasteiger partial charge in [0.15, 0.2) is 5.78 Å². The summed E-state index contributed by atoms with van der Waals surface area (Å²) in [5, 5.41) is 11.8. The van der Waals surface area contributed by atoms with Crippen molar-refractivity contribution in [3.05, 3.63) is 98.9 Å². The van der Waals surface area contributed by atoms with Gasteiger partial charge in [0.25, 0.3) is 5.56 Å². The van der Waals surface area contributed by atoms with Crippen molar-refractivity contribution in [2.75, 3.05) is 0 Å². The summed E-state index contributed by atoms with van der Waals surface area (Å²) < 4.78 is 3.06. The number of aryl methyl sites for hydroxylation is 4. The molecule has 2 heterocycles. The third-order valence-corrected chi connectivity index (χ3v) is 5.93. The van der Waals surface area contributed by atoms with Crippen LogP contribution in [0.2, 0.25) is 5.02 Å². The molecule has 2 aromatic heterocycles. The number of hydrogen-bond donors (Lipinski definition) is 0. The number of tetrazole rings is 1. The van der Waals surface area contributed by atoms with Gasteiger partial charge >= 0.3 is 0 Å². The first-order chi connectivity index (χ1) is 16.5. The van der Waals surface area contributed by atoms with E-state index in [1.807, 2.05) is 24.3 Å². The Morgan fingerprint density at radius 1 is 1.06 bits per heavy atom. The van der Waals surface area contributed by atoms with E-state index in [1.54, 1.807) is 25.3 Å². The molecule has 0 spiro atoms. The fourth-order valence-corrected chi connectivity index (χ4v) is 4.06. The smallest absolute Gasteiger partial charge is 0.272 e. The van der Waals surface area contributed by atoms with Crippen LogP contribution in [0.15, 0.2) is 65.8 Å². The molecule has 8 nitrogen and oxygen atoms in total. The summed E-state index contributed by atoms with van der Waals surface area (Å²) in [7, 11) is 0. The molecule has 0 radical (unpaired) electrons. The summed E-state index contributed by atoms with van der Waals surface area (Å²) in [5.41, 5.74) is 3.81. The number of carbonyl (C=O) groups excluding carboxylic acids is 1. The Kier molecular flexibility index (Phi) is 7.59. The zero-order valence-corrected chi connectivity index (χ0v) is 19.6. The molecule has 4 aromatic rings. The predicted octanol–water partition coefficient (Wildman–Crippen LogP) is 3.56. The average molecular weight is 477 g/mol. The molecular weight excluding hydrogens is 452 g/mol. The normalized spacial score (nSPS) is 11.0. The van der Waals surface area contributed by atoms with Gasteiger partial charge in [0.1, 0.15) is 12.0 Å². The highest BCUT2D eigenvalue weighted by molar-refractivity contribution is 6.30. The first-order valence-corrected chi connectivity index (χ1v) is 11.5. The van der Waals surface area contributed by atoms with E-state index >= 15 is 0 Å². The van der Waals surface area contributed by atoms with Crippen LogP contribution < -0.4 is 5.56 Å². The molecule has 0 amide bonds. The minimum Gasteiger partial charge on any atom is -0.302 e. The molecule has 4 rings (SSSR count). The van der Waals surface area contributed by atoms with Crippen molar-refractivity contribution >= 4 is 17.4 Å². The maximum Gasteiger partial charge on any atom is 0.272 e. The van der Waals surface area contributed by atoms with Gasteiger partial charge in [-0.2, -0.15) is 0 Å². The largest absolute Gasteiger partial charge is 0.302 e. The van der Waals surface area contributed by atoms with Crippen molar-refractivity contribution in [2.45, 2.75) is 45.6 Å². The van der Waals surface area contributed by atoms with Crippen molar-refractivity contribution < 1.29 is 4.79 Å². The molecule has 34 heavy (non-hydrogen) atoms. The third-order valence-electron chi connectivity index (χ3n) is 5.69. The Balaban J connectivity index is 1.41. The van der Waals surface area contributed by atoms with Crippen LogP contribution in [0, 0.1) is 6.92 Å². The van der Waals surface area contributed by atoms with Crippen LogP contribution >= 0.6 is 11.6 Å². The molecule has 0 aliphatic carbocycles. The fraction of sp³-hybridized carbons (Fsp3) is 0.280. The second-order valence-electron chi connectivity index (χ2n) is 8.14. The number of benzene rings is 2. The summed E-state index contributed by atoms with van der Waals surface area (Å²) >= 11 is 6.16. The Morgan fingerprint density at radius 3 is 2.65 bits per heavy atom. The summed E-state index contributed by atoms with van der Waals surface area (Å²) in [6, 6.07) is 15.5. The van der Waals surface area contributed by atoms with Crippen LogP contribution in [-0.4, -0.2) is 35.5 Å². The van der Waals surface area contributed by atoms with Crippen molar-refractivity contribution in [1.82, 2.24) is 29.8 Å². The SMILES string of the molecule is Cc1cnc(CCCc2ccccc2)c(=O)n1CC(=O)CCc1cc(Cl)ccc1-n1cnnn1. The number of nitrogens with zero attached hydrogens (tertiary/aromatic N) is 6. The van der Waals surface area contributed by atoms with Crippen molar-refractivity contribution in [2.24, 2.45) is 0 Å². The molecular formula is C25H25ClN6O2. The van der Waals surface area contributed by atoms with E-state index < -0.39 is 0 Å². The second kappa shape index (κ2) is 11.0. The number of ketones is 1. The minimum atomic E-state index is -0.196. The zero-order valence-electron chi connectivity index (χ0n) is 18.9. The lowest BCUT2D eigenvalue weighted by atomic mass is 10.1. The number of aromatic nitrogens is 6. The average Bonchev–Trinajstić information content (AvgIpc) is 3.37. The maximum absolute atomic E-state index is 13.0. The molecule has 0 saturated carbocycles. The zero-order chi connectivity index (χ0) is 23.9. The first-order valence-electron chi connectivity index (χ1n) is 11.1. The molecule has 0 aliphatic rings. The molecule has 0 bridgehead atoms. The molecule has 0 atom stereocenters. The molecule has 9 heteroatoms. The van der Waals surface area contributed by atoms with Crippen LogP contribution in [0.4, 0.5) is 0 Å². The van der Waals surface area contributed by atoms with Gasteiger partial charge in [-0.15, -0.1) is 5.10 Å². The fourth-order valence-electron chi connectivity index (χ4n) is 3.86. The van der Waals surface area contributed by atoms with Crippen molar-refractivity contribution in [3.63, 3.8) is 0 Å². The lowest BCUT2D eigenvalue weighted by molar-refractivity contribution is -0.119. The molecule has 2 aromatic carbocycles.